The van der Waals surface area contributed by atoms with Crippen LogP contribution in [-0.2, 0) is 4.79 Å². The van der Waals surface area contributed by atoms with Gasteiger partial charge in [-0.3, -0.25) is 9.59 Å². The Hall–Kier alpha value is -3.02. The molecule has 1 unspecified atom stereocenters. The molecule has 1 N–H and O–H groups in total. The number of ether oxygens (including phenoxy) is 1. The standard InChI is InChI=1S/C26H35N3O3/c1-6-19(2)32-23-9-7-8-20(18-23)24(30)27-21-10-12-22(13-11-21)28-14-16-29(17-15-28)25(31)26(3,4)5/h7-13,18-19H,6,14-17H2,1-5H3,(H,27,30). The quantitative estimate of drug-likeness (QED) is 0.704. The van der Waals surface area contributed by atoms with Crippen LogP contribution in [0.25, 0.3) is 0 Å². The van der Waals surface area contributed by atoms with Gasteiger partial charge in [0.25, 0.3) is 5.91 Å². The van der Waals surface area contributed by atoms with Crippen LogP contribution in [0.15, 0.2) is 48.5 Å². The number of hydrogen-bond acceptors (Lipinski definition) is 4. The van der Waals surface area contributed by atoms with Gasteiger partial charge in [0, 0.05) is 48.5 Å². The van der Waals surface area contributed by atoms with E-state index in [1.54, 1.807) is 12.1 Å². The SMILES string of the molecule is CCC(C)Oc1cccc(C(=O)Nc2ccc(N3CCN(C(=O)C(C)(C)C)CC3)cc2)c1. The molecule has 3 rings (SSSR count). The first-order valence-corrected chi connectivity index (χ1v) is 11.4. The minimum Gasteiger partial charge on any atom is -0.491 e. The summed E-state index contributed by atoms with van der Waals surface area (Å²) in [4.78, 5) is 29.4. The zero-order chi connectivity index (χ0) is 23.3. The van der Waals surface area contributed by atoms with Crippen LogP contribution in [-0.4, -0.2) is 49.0 Å². The smallest absolute Gasteiger partial charge is 0.255 e. The number of hydrogen-bond donors (Lipinski definition) is 1. The van der Waals surface area contributed by atoms with E-state index in [0.29, 0.717) is 11.3 Å². The van der Waals surface area contributed by atoms with E-state index < -0.39 is 0 Å². The second kappa shape index (κ2) is 10.1. The molecule has 0 radical (unpaired) electrons. The Balaban J connectivity index is 1.57. The summed E-state index contributed by atoms with van der Waals surface area (Å²) in [6, 6.07) is 15.1. The van der Waals surface area contributed by atoms with E-state index in [0.717, 1.165) is 44.0 Å². The molecule has 1 saturated heterocycles. The van der Waals surface area contributed by atoms with Crippen molar-refractivity contribution in [3.8, 4) is 5.75 Å². The predicted octanol–water partition coefficient (Wildman–Crippen LogP) is 4.81. The van der Waals surface area contributed by atoms with Crippen molar-refractivity contribution in [3.05, 3.63) is 54.1 Å². The number of anilines is 2. The van der Waals surface area contributed by atoms with E-state index in [9.17, 15) is 9.59 Å². The van der Waals surface area contributed by atoms with Crippen LogP contribution < -0.4 is 15.0 Å². The molecule has 1 aliphatic rings. The highest BCUT2D eigenvalue weighted by atomic mass is 16.5. The monoisotopic (exact) mass is 437 g/mol. The van der Waals surface area contributed by atoms with Crippen molar-refractivity contribution in [2.45, 2.75) is 47.1 Å². The van der Waals surface area contributed by atoms with E-state index in [2.05, 4.69) is 17.1 Å². The van der Waals surface area contributed by atoms with Gasteiger partial charge < -0.3 is 19.9 Å². The summed E-state index contributed by atoms with van der Waals surface area (Å²) >= 11 is 0. The van der Waals surface area contributed by atoms with Gasteiger partial charge in [-0.05, 0) is 55.8 Å². The topological polar surface area (TPSA) is 61.9 Å². The molecule has 172 valence electrons. The summed E-state index contributed by atoms with van der Waals surface area (Å²) in [6.45, 7) is 13.0. The molecule has 2 aromatic carbocycles. The first-order chi connectivity index (χ1) is 15.2. The molecule has 6 heteroatoms. The summed E-state index contributed by atoms with van der Waals surface area (Å²) in [5, 5.41) is 2.96. The molecule has 32 heavy (non-hydrogen) atoms. The van der Waals surface area contributed by atoms with Gasteiger partial charge in [0.1, 0.15) is 5.75 Å². The minimum atomic E-state index is -0.345. The lowest BCUT2D eigenvalue weighted by Crippen LogP contribution is -2.51. The second-order valence-corrected chi connectivity index (χ2v) is 9.39. The average molecular weight is 438 g/mol. The fourth-order valence-electron chi connectivity index (χ4n) is 3.63. The van der Waals surface area contributed by atoms with Gasteiger partial charge >= 0.3 is 0 Å². The Morgan fingerprint density at radius 3 is 2.28 bits per heavy atom. The number of carbonyl (C=O) groups excluding carboxylic acids is 2. The van der Waals surface area contributed by atoms with E-state index in [-0.39, 0.29) is 23.3 Å². The van der Waals surface area contributed by atoms with Crippen LogP contribution in [0.1, 0.15) is 51.4 Å². The highest BCUT2D eigenvalue weighted by Gasteiger charge is 2.29. The van der Waals surface area contributed by atoms with Crippen molar-refractivity contribution in [2.24, 2.45) is 5.41 Å². The summed E-state index contributed by atoms with van der Waals surface area (Å²) in [7, 11) is 0. The Labute approximate surface area is 191 Å². The predicted molar refractivity (Wildman–Crippen MR) is 129 cm³/mol. The lowest BCUT2D eigenvalue weighted by atomic mass is 9.94. The number of piperazine rings is 1. The molecule has 1 fully saturated rings. The van der Waals surface area contributed by atoms with Crippen LogP contribution in [0, 0.1) is 5.41 Å². The summed E-state index contributed by atoms with van der Waals surface area (Å²) in [5.74, 6) is 0.738. The van der Waals surface area contributed by atoms with Gasteiger partial charge in [-0.1, -0.05) is 33.8 Å². The average Bonchev–Trinajstić information content (AvgIpc) is 2.78. The van der Waals surface area contributed by atoms with Crippen molar-refractivity contribution >= 4 is 23.2 Å². The van der Waals surface area contributed by atoms with Crippen LogP contribution in [0.2, 0.25) is 0 Å². The maximum atomic E-state index is 12.7. The van der Waals surface area contributed by atoms with Gasteiger partial charge in [-0.15, -0.1) is 0 Å². The highest BCUT2D eigenvalue weighted by molar-refractivity contribution is 6.04. The zero-order valence-electron chi connectivity index (χ0n) is 19.9. The van der Waals surface area contributed by atoms with Crippen molar-refractivity contribution in [2.75, 3.05) is 36.4 Å². The molecule has 0 saturated carbocycles. The molecule has 2 amide bonds. The molecular weight excluding hydrogens is 402 g/mol. The first-order valence-electron chi connectivity index (χ1n) is 11.4. The number of nitrogens with zero attached hydrogens (tertiary/aromatic N) is 2. The summed E-state index contributed by atoms with van der Waals surface area (Å²) < 4.78 is 5.82. The van der Waals surface area contributed by atoms with Gasteiger partial charge in [-0.25, -0.2) is 0 Å². The molecule has 0 aliphatic carbocycles. The van der Waals surface area contributed by atoms with Crippen LogP contribution >= 0.6 is 0 Å². The Bertz CT molecular complexity index is 926. The molecule has 2 aromatic rings. The number of rotatable bonds is 6. The van der Waals surface area contributed by atoms with E-state index in [1.807, 2.05) is 69.0 Å². The summed E-state index contributed by atoms with van der Waals surface area (Å²) in [5.41, 5.74) is 2.06. The number of amides is 2. The Kier molecular flexibility index (Phi) is 7.44. The lowest BCUT2D eigenvalue weighted by Gasteiger charge is -2.38. The number of benzene rings is 2. The molecule has 0 spiro atoms. The lowest BCUT2D eigenvalue weighted by molar-refractivity contribution is -0.139. The normalized spacial score (nSPS) is 15.3. The molecule has 0 bridgehead atoms. The fourth-order valence-corrected chi connectivity index (χ4v) is 3.63. The van der Waals surface area contributed by atoms with E-state index >= 15 is 0 Å². The molecule has 1 aliphatic heterocycles. The Morgan fingerprint density at radius 2 is 1.69 bits per heavy atom. The van der Waals surface area contributed by atoms with Gasteiger partial charge in [0.2, 0.25) is 5.91 Å². The number of nitrogens with one attached hydrogen (secondary N) is 1. The van der Waals surface area contributed by atoms with Crippen LogP contribution in [0.3, 0.4) is 0 Å². The molecule has 1 heterocycles. The maximum Gasteiger partial charge on any atom is 0.255 e. The third-order valence-electron chi connectivity index (χ3n) is 5.71. The van der Waals surface area contributed by atoms with Crippen molar-refractivity contribution in [1.82, 2.24) is 4.90 Å². The fraction of sp³-hybridized carbons (Fsp3) is 0.462. The third kappa shape index (κ3) is 6.02. The minimum absolute atomic E-state index is 0.106. The van der Waals surface area contributed by atoms with Crippen molar-refractivity contribution < 1.29 is 14.3 Å². The highest BCUT2D eigenvalue weighted by Crippen LogP contribution is 2.23. The molecule has 1 atom stereocenters. The molecule has 0 aromatic heterocycles. The van der Waals surface area contributed by atoms with E-state index in [4.69, 9.17) is 4.74 Å². The van der Waals surface area contributed by atoms with Gasteiger partial charge in [-0.2, -0.15) is 0 Å². The first kappa shape index (κ1) is 23.6. The Morgan fingerprint density at radius 1 is 1.03 bits per heavy atom. The van der Waals surface area contributed by atoms with Crippen LogP contribution in [0.4, 0.5) is 11.4 Å². The summed E-state index contributed by atoms with van der Waals surface area (Å²) in [6.07, 6.45) is 1.01. The van der Waals surface area contributed by atoms with Crippen molar-refractivity contribution in [3.63, 3.8) is 0 Å². The molecular formula is C26H35N3O3. The second-order valence-electron chi connectivity index (χ2n) is 9.39. The van der Waals surface area contributed by atoms with Gasteiger partial charge in [0.15, 0.2) is 0 Å². The van der Waals surface area contributed by atoms with Gasteiger partial charge in [0.05, 0.1) is 6.10 Å². The third-order valence-corrected chi connectivity index (χ3v) is 5.71. The number of carbonyl (C=O) groups is 2. The van der Waals surface area contributed by atoms with E-state index in [1.165, 1.54) is 0 Å². The van der Waals surface area contributed by atoms with Crippen molar-refractivity contribution in [1.29, 1.82) is 0 Å². The zero-order valence-corrected chi connectivity index (χ0v) is 19.9. The largest absolute Gasteiger partial charge is 0.491 e. The maximum absolute atomic E-state index is 12.7. The van der Waals surface area contributed by atoms with Crippen LogP contribution in [0.5, 0.6) is 5.75 Å². The molecule has 6 nitrogen and oxygen atoms in total.